The van der Waals surface area contributed by atoms with Gasteiger partial charge in [0.25, 0.3) is 11.8 Å². The van der Waals surface area contributed by atoms with Gasteiger partial charge in [0, 0.05) is 17.2 Å². The molecule has 0 saturated carbocycles. The largest absolute Gasteiger partial charge is 0.490 e. The first kappa shape index (κ1) is 33.5. The highest BCUT2D eigenvalue weighted by Gasteiger charge is 2.38. The number of carboxylic acids is 1. The molecule has 2 aromatic heterocycles. The van der Waals surface area contributed by atoms with Crippen LogP contribution in [0.15, 0.2) is 40.9 Å². The van der Waals surface area contributed by atoms with Gasteiger partial charge in [0.1, 0.15) is 5.54 Å². The number of H-pyrrole nitrogens is 1. The summed E-state index contributed by atoms with van der Waals surface area (Å²) in [6.07, 6.45) is -2.09. The Morgan fingerprint density at radius 3 is 2.24 bits per heavy atom. The molecule has 0 atom stereocenters. The zero-order valence-corrected chi connectivity index (χ0v) is 23.6. The summed E-state index contributed by atoms with van der Waals surface area (Å²) < 4.78 is 42.4. The molecule has 0 aliphatic rings. The third kappa shape index (κ3) is 9.17. The third-order valence-electron chi connectivity index (χ3n) is 5.74. The molecule has 12 nitrogen and oxygen atoms in total. The van der Waals surface area contributed by atoms with Crippen LogP contribution in [0.5, 0.6) is 0 Å². The molecule has 0 bridgehead atoms. The maximum Gasteiger partial charge on any atom is 0.490 e. The lowest BCUT2D eigenvalue weighted by Gasteiger charge is -2.22. The van der Waals surface area contributed by atoms with Crippen LogP contribution in [0.2, 0.25) is 0 Å². The predicted molar refractivity (Wildman–Crippen MR) is 143 cm³/mol. The second kappa shape index (κ2) is 14.3. The van der Waals surface area contributed by atoms with Crippen LogP contribution in [0.25, 0.3) is 22.7 Å². The number of aliphatic carboxylic acids is 1. The van der Waals surface area contributed by atoms with E-state index in [-0.39, 0.29) is 30.2 Å². The van der Waals surface area contributed by atoms with Crippen molar-refractivity contribution in [1.29, 1.82) is 0 Å². The summed E-state index contributed by atoms with van der Waals surface area (Å²) in [6, 6.07) is 9.05. The number of carboxylic acid groups (broad SMARTS) is 1. The topological polar surface area (TPSA) is 177 Å². The quantitative estimate of drug-likeness (QED) is 0.248. The van der Waals surface area contributed by atoms with Crippen LogP contribution in [0.3, 0.4) is 0 Å². The molecule has 0 fully saturated rings. The zero-order chi connectivity index (χ0) is 31.7. The summed E-state index contributed by atoms with van der Waals surface area (Å²) in [6.45, 7) is 9.05. The van der Waals surface area contributed by atoms with Gasteiger partial charge in [-0.15, -0.1) is 0 Å². The molecule has 2 amide bonds. The monoisotopic (exact) mass is 595 g/mol. The second-order valence-electron chi connectivity index (χ2n) is 9.37. The summed E-state index contributed by atoms with van der Waals surface area (Å²) >= 11 is 0. The maximum atomic E-state index is 12.6. The Bertz CT molecular complexity index is 1390. The molecule has 0 aliphatic heterocycles. The van der Waals surface area contributed by atoms with E-state index in [1.54, 1.807) is 32.9 Å². The molecule has 42 heavy (non-hydrogen) atoms. The van der Waals surface area contributed by atoms with Gasteiger partial charge in [0.2, 0.25) is 11.7 Å². The van der Waals surface area contributed by atoms with E-state index < -0.39 is 29.6 Å². The number of amides is 2. The van der Waals surface area contributed by atoms with E-state index in [4.69, 9.17) is 19.1 Å². The molecule has 0 saturated heterocycles. The Morgan fingerprint density at radius 1 is 1.05 bits per heavy atom. The molecular formula is C27H32F3N5O7. The van der Waals surface area contributed by atoms with Gasteiger partial charge in [-0.25, -0.2) is 14.6 Å². The van der Waals surface area contributed by atoms with Gasteiger partial charge in [-0.05, 0) is 51.8 Å². The van der Waals surface area contributed by atoms with E-state index in [1.807, 2.05) is 32.0 Å². The summed E-state index contributed by atoms with van der Waals surface area (Å²) in [4.78, 5) is 50.2. The SMILES string of the molecule is CCOC(=O)C(C)(C)NC(=O)c1cnc(-c2cccc(-c3cc(C(=O)NC(CC)CC)n[nH]3)c2)o1.O=C(O)C(F)(F)F. The molecule has 3 aromatic rings. The first-order chi connectivity index (χ1) is 19.6. The van der Waals surface area contributed by atoms with Crippen molar-refractivity contribution in [3.63, 3.8) is 0 Å². The number of hydrogen-bond donors (Lipinski definition) is 4. The molecule has 0 radical (unpaired) electrons. The average molecular weight is 596 g/mol. The number of aromatic amines is 1. The number of aromatic nitrogens is 3. The molecule has 228 valence electrons. The summed E-state index contributed by atoms with van der Waals surface area (Å²) in [5.74, 6) is -3.92. The highest BCUT2D eigenvalue weighted by Crippen LogP contribution is 2.26. The molecule has 1 aromatic carbocycles. The predicted octanol–water partition coefficient (Wildman–Crippen LogP) is 4.35. The maximum absolute atomic E-state index is 12.6. The van der Waals surface area contributed by atoms with Crippen LogP contribution < -0.4 is 10.6 Å². The lowest BCUT2D eigenvalue weighted by Crippen LogP contribution is -2.50. The van der Waals surface area contributed by atoms with Gasteiger partial charge < -0.3 is 24.9 Å². The van der Waals surface area contributed by atoms with Crippen molar-refractivity contribution < 1.29 is 46.6 Å². The van der Waals surface area contributed by atoms with Gasteiger partial charge in [-0.3, -0.25) is 14.7 Å². The van der Waals surface area contributed by atoms with E-state index in [9.17, 15) is 27.6 Å². The van der Waals surface area contributed by atoms with Gasteiger partial charge in [-0.2, -0.15) is 18.3 Å². The minimum Gasteiger partial charge on any atom is -0.475 e. The fourth-order valence-electron chi connectivity index (χ4n) is 3.38. The van der Waals surface area contributed by atoms with Gasteiger partial charge in [-0.1, -0.05) is 26.0 Å². The van der Waals surface area contributed by atoms with Crippen molar-refractivity contribution in [3.8, 4) is 22.7 Å². The van der Waals surface area contributed by atoms with Crippen LogP contribution in [0.4, 0.5) is 13.2 Å². The Kier molecular flexibility index (Phi) is 11.4. The normalized spacial score (nSPS) is 11.4. The van der Waals surface area contributed by atoms with Gasteiger partial charge in [0.05, 0.1) is 18.5 Å². The van der Waals surface area contributed by atoms with Crippen LogP contribution >= 0.6 is 0 Å². The number of carbonyl (C=O) groups excluding carboxylic acids is 3. The van der Waals surface area contributed by atoms with Crippen molar-refractivity contribution in [2.75, 3.05) is 6.61 Å². The Balaban J connectivity index is 0.000000782. The van der Waals surface area contributed by atoms with Crippen molar-refractivity contribution >= 4 is 23.8 Å². The Morgan fingerprint density at radius 2 is 1.67 bits per heavy atom. The lowest BCUT2D eigenvalue weighted by molar-refractivity contribution is -0.192. The number of nitrogens with zero attached hydrogens (tertiary/aromatic N) is 2. The molecular weight excluding hydrogens is 563 g/mol. The van der Waals surface area contributed by atoms with Gasteiger partial charge >= 0.3 is 18.1 Å². The molecule has 3 rings (SSSR count). The Hall–Kier alpha value is -4.69. The van der Waals surface area contributed by atoms with E-state index >= 15 is 0 Å². The van der Waals surface area contributed by atoms with E-state index in [0.29, 0.717) is 17.0 Å². The summed E-state index contributed by atoms with van der Waals surface area (Å²) in [7, 11) is 0. The molecule has 15 heteroatoms. The van der Waals surface area contributed by atoms with Crippen molar-refractivity contribution in [2.45, 2.75) is 65.2 Å². The van der Waals surface area contributed by atoms with Crippen LogP contribution in [-0.2, 0) is 14.3 Å². The first-order valence-corrected chi connectivity index (χ1v) is 12.9. The van der Waals surface area contributed by atoms with Crippen LogP contribution in [0.1, 0.15) is 68.5 Å². The fourth-order valence-corrected chi connectivity index (χ4v) is 3.38. The fraction of sp³-hybridized carbons (Fsp3) is 0.407. The second-order valence-corrected chi connectivity index (χ2v) is 9.37. The minimum absolute atomic E-state index is 0.0373. The number of ether oxygens (including phenoxy) is 1. The molecule has 0 unspecified atom stereocenters. The highest BCUT2D eigenvalue weighted by atomic mass is 19.4. The molecule has 0 aliphatic carbocycles. The summed E-state index contributed by atoms with van der Waals surface area (Å²) in [5, 5.41) is 19.7. The number of oxazole rings is 1. The smallest absolute Gasteiger partial charge is 0.475 e. The molecule has 2 heterocycles. The standard InChI is InChI=1S/C25H31N5O5.C2HF3O2/c1-6-17(7-2)27-21(31)19-13-18(29-30-19)15-10-9-11-16(12-15)23-26-14-20(35-23)22(32)28-25(4,5)24(33)34-8-3;3-2(4,5)1(6)7/h9-14,17H,6-8H2,1-5H3,(H,27,31)(H,28,32)(H,29,30);(H,6,7). The minimum atomic E-state index is -5.08. The van der Waals surface area contributed by atoms with E-state index in [1.165, 1.54) is 6.20 Å². The highest BCUT2D eigenvalue weighted by molar-refractivity contribution is 5.96. The van der Waals surface area contributed by atoms with Gasteiger partial charge in [0.15, 0.2) is 5.69 Å². The van der Waals surface area contributed by atoms with Crippen molar-refractivity contribution in [1.82, 2.24) is 25.8 Å². The van der Waals surface area contributed by atoms with Crippen LogP contribution in [-0.4, -0.2) is 68.4 Å². The third-order valence-corrected chi connectivity index (χ3v) is 5.74. The molecule has 4 N–H and O–H groups in total. The number of rotatable bonds is 10. The van der Waals surface area contributed by atoms with Crippen LogP contribution in [0, 0.1) is 0 Å². The van der Waals surface area contributed by atoms with Crippen molar-refractivity contribution in [3.05, 3.63) is 48.0 Å². The van der Waals surface area contributed by atoms with Crippen molar-refractivity contribution in [2.24, 2.45) is 0 Å². The number of esters is 1. The number of alkyl halides is 3. The Labute approximate surface area is 239 Å². The average Bonchev–Trinajstić information content (AvgIpc) is 3.62. The number of halogens is 3. The zero-order valence-electron chi connectivity index (χ0n) is 23.6. The van der Waals surface area contributed by atoms with E-state index in [0.717, 1.165) is 18.4 Å². The number of carbonyl (C=O) groups is 4. The number of nitrogens with one attached hydrogen (secondary N) is 3. The first-order valence-electron chi connectivity index (χ1n) is 12.9. The summed E-state index contributed by atoms with van der Waals surface area (Å²) in [5.41, 5.74) is 1.13. The van der Waals surface area contributed by atoms with E-state index in [2.05, 4.69) is 25.8 Å². The number of benzene rings is 1. The number of hydrogen-bond acceptors (Lipinski definition) is 8. The molecule has 0 spiro atoms. The lowest BCUT2D eigenvalue weighted by atomic mass is 10.1.